The normalized spacial score (nSPS) is 19.5. The Hall–Kier alpha value is -2.83. The maximum absolute atomic E-state index is 6.39. The predicted molar refractivity (Wildman–Crippen MR) is 137 cm³/mol. The van der Waals surface area contributed by atoms with Crippen LogP contribution in [-0.2, 0) is 20.3 Å². The van der Waals surface area contributed by atoms with Crippen molar-refractivity contribution >= 4 is 0 Å². The second-order valence-corrected chi connectivity index (χ2v) is 11.6. The molecule has 3 heterocycles. The summed E-state index contributed by atoms with van der Waals surface area (Å²) in [7, 11) is 0. The minimum atomic E-state index is -0.0837. The quantitative estimate of drug-likeness (QED) is 0.391. The van der Waals surface area contributed by atoms with Gasteiger partial charge in [-0.25, -0.2) is 4.68 Å². The van der Waals surface area contributed by atoms with E-state index in [0.29, 0.717) is 13.2 Å². The van der Waals surface area contributed by atoms with Gasteiger partial charge in [0, 0.05) is 22.9 Å². The van der Waals surface area contributed by atoms with Gasteiger partial charge < -0.3 is 18.9 Å². The predicted octanol–water partition coefficient (Wildman–Crippen LogP) is 5.69. The smallest absolute Gasteiger partial charge is 0.126 e. The highest BCUT2D eigenvalue weighted by Crippen LogP contribution is 2.43. The van der Waals surface area contributed by atoms with Gasteiger partial charge >= 0.3 is 0 Å². The lowest BCUT2D eigenvalue weighted by Gasteiger charge is -2.30. The molecule has 5 rings (SSSR count). The van der Waals surface area contributed by atoms with E-state index in [1.54, 1.807) is 0 Å². The summed E-state index contributed by atoms with van der Waals surface area (Å²) in [5.41, 5.74) is 5.23. The van der Waals surface area contributed by atoms with Crippen molar-refractivity contribution in [2.24, 2.45) is 0 Å². The van der Waals surface area contributed by atoms with E-state index in [1.807, 2.05) is 35.1 Å². The highest BCUT2D eigenvalue weighted by atomic mass is 16.6. The van der Waals surface area contributed by atoms with Gasteiger partial charge in [0.05, 0.1) is 24.6 Å². The Balaban J connectivity index is 1.46. The molecule has 0 saturated carbocycles. The highest BCUT2D eigenvalue weighted by molar-refractivity contribution is 5.66. The van der Waals surface area contributed by atoms with Gasteiger partial charge in [-0.05, 0) is 53.3 Å². The van der Waals surface area contributed by atoms with Gasteiger partial charge in [-0.2, -0.15) is 5.10 Å². The molecule has 0 radical (unpaired) electrons. The van der Waals surface area contributed by atoms with Crippen molar-refractivity contribution in [1.29, 1.82) is 0 Å². The summed E-state index contributed by atoms with van der Waals surface area (Å²) < 4.78 is 24.7. The number of rotatable bonds is 8. The van der Waals surface area contributed by atoms with Crippen molar-refractivity contribution in [2.75, 3.05) is 26.4 Å². The maximum atomic E-state index is 6.39. The van der Waals surface area contributed by atoms with E-state index < -0.39 is 0 Å². The molecule has 0 N–H and O–H groups in total. The molecule has 3 aromatic rings. The molecule has 0 bridgehead atoms. The first-order chi connectivity index (χ1) is 16.6. The molecule has 2 aliphatic rings. The van der Waals surface area contributed by atoms with E-state index in [0.717, 1.165) is 41.7 Å². The van der Waals surface area contributed by atoms with Gasteiger partial charge in [-0.1, -0.05) is 41.5 Å². The zero-order valence-electron chi connectivity index (χ0n) is 21.6. The summed E-state index contributed by atoms with van der Waals surface area (Å²) in [6.45, 7) is 16.2. The average molecular weight is 477 g/mol. The lowest BCUT2D eigenvalue weighted by Crippen LogP contribution is -2.21. The summed E-state index contributed by atoms with van der Waals surface area (Å²) in [6, 6.07) is 14.6. The van der Waals surface area contributed by atoms with Crippen LogP contribution in [-0.4, -0.2) is 48.4 Å². The number of nitrogens with zero attached hydrogens (tertiary/aromatic N) is 2. The molecule has 2 fully saturated rings. The molecule has 2 saturated heterocycles. The third kappa shape index (κ3) is 5.71. The number of ether oxygens (including phenoxy) is 4. The first kappa shape index (κ1) is 23.9. The Morgan fingerprint density at radius 3 is 1.89 bits per heavy atom. The van der Waals surface area contributed by atoms with E-state index in [-0.39, 0.29) is 23.0 Å². The van der Waals surface area contributed by atoms with Crippen molar-refractivity contribution in [1.82, 2.24) is 9.78 Å². The van der Waals surface area contributed by atoms with Gasteiger partial charge in [0.25, 0.3) is 0 Å². The first-order valence-electron chi connectivity index (χ1n) is 12.4. The fourth-order valence-electron chi connectivity index (χ4n) is 4.06. The molecule has 0 amide bonds. The van der Waals surface area contributed by atoms with E-state index >= 15 is 0 Å². The molecular formula is C29H36N2O4. The molecule has 35 heavy (non-hydrogen) atoms. The van der Waals surface area contributed by atoms with Crippen LogP contribution in [0.2, 0.25) is 0 Å². The summed E-state index contributed by atoms with van der Waals surface area (Å²) in [5.74, 6) is 1.82. The third-order valence-electron chi connectivity index (χ3n) is 6.35. The van der Waals surface area contributed by atoms with Crippen molar-refractivity contribution in [3.8, 4) is 28.4 Å². The lowest BCUT2D eigenvalue weighted by molar-refractivity contribution is 0.253. The molecule has 2 unspecified atom stereocenters. The Morgan fingerprint density at radius 1 is 0.829 bits per heavy atom. The Kier molecular flexibility index (Phi) is 6.14. The van der Waals surface area contributed by atoms with Crippen LogP contribution in [0.3, 0.4) is 0 Å². The number of epoxide rings is 2. The molecule has 0 aliphatic carbocycles. The Morgan fingerprint density at radius 2 is 1.37 bits per heavy atom. The zero-order valence-corrected chi connectivity index (χ0v) is 21.6. The van der Waals surface area contributed by atoms with Crippen LogP contribution >= 0.6 is 0 Å². The molecular weight excluding hydrogens is 440 g/mol. The van der Waals surface area contributed by atoms with E-state index in [1.165, 1.54) is 11.1 Å². The summed E-state index contributed by atoms with van der Waals surface area (Å²) in [5, 5.41) is 4.92. The SMILES string of the molecule is CC(C)(C)c1cc(-c2ccn(-c3ccc(OCC4CO4)cc3)n2)cc(C(C)(C)C)c1OCC1CO1. The minimum Gasteiger partial charge on any atom is -0.491 e. The number of benzene rings is 2. The van der Waals surface area contributed by atoms with Crippen molar-refractivity contribution in [2.45, 2.75) is 64.6 Å². The molecule has 2 atom stereocenters. The molecule has 186 valence electrons. The largest absolute Gasteiger partial charge is 0.491 e. The molecule has 2 aliphatic heterocycles. The standard InChI is InChI=1S/C29H36N2O4/c1-28(2,3)24-13-19(14-25(29(4,5)6)27(24)35-18-23-17-34-23)26-11-12-31(30-26)20-7-9-21(10-8-20)32-15-22-16-33-22/h7-14,22-23H,15-18H2,1-6H3. The van der Waals surface area contributed by atoms with Crippen molar-refractivity contribution in [3.63, 3.8) is 0 Å². The zero-order chi connectivity index (χ0) is 24.8. The van der Waals surface area contributed by atoms with Gasteiger partial charge in [0.2, 0.25) is 0 Å². The van der Waals surface area contributed by atoms with Crippen molar-refractivity contribution in [3.05, 3.63) is 59.8 Å². The highest BCUT2D eigenvalue weighted by Gasteiger charge is 2.31. The minimum absolute atomic E-state index is 0.0837. The molecule has 2 aromatic carbocycles. The van der Waals surface area contributed by atoms with Crippen LogP contribution in [0.5, 0.6) is 11.5 Å². The number of aromatic nitrogens is 2. The van der Waals surface area contributed by atoms with Gasteiger partial charge in [0.15, 0.2) is 0 Å². The van der Waals surface area contributed by atoms with Crippen LogP contribution in [0.25, 0.3) is 16.9 Å². The summed E-state index contributed by atoms with van der Waals surface area (Å²) in [6.07, 6.45) is 2.47. The summed E-state index contributed by atoms with van der Waals surface area (Å²) in [4.78, 5) is 0. The second kappa shape index (κ2) is 8.99. The van der Waals surface area contributed by atoms with E-state index in [4.69, 9.17) is 24.0 Å². The molecule has 1 aromatic heterocycles. The topological polar surface area (TPSA) is 61.3 Å². The average Bonchev–Trinajstić information content (AvgIpc) is 3.74. The Bertz CT molecular complexity index is 1140. The fraction of sp³-hybridized carbons (Fsp3) is 0.483. The second-order valence-electron chi connectivity index (χ2n) is 11.6. The van der Waals surface area contributed by atoms with Crippen molar-refractivity contribution < 1.29 is 18.9 Å². The van der Waals surface area contributed by atoms with Gasteiger partial charge in [-0.15, -0.1) is 0 Å². The van der Waals surface area contributed by atoms with E-state index in [9.17, 15) is 0 Å². The molecule has 6 nitrogen and oxygen atoms in total. The first-order valence-corrected chi connectivity index (χ1v) is 12.4. The lowest BCUT2D eigenvalue weighted by atomic mass is 9.78. The van der Waals surface area contributed by atoms with Crippen LogP contribution in [0.15, 0.2) is 48.7 Å². The fourth-order valence-corrected chi connectivity index (χ4v) is 4.06. The van der Waals surface area contributed by atoms with Gasteiger partial charge in [-0.3, -0.25) is 0 Å². The monoisotopic (exact) mass is 476 g/mol. The van der Waals surface area contributed by atoms with Crippen LogP contribution in [0.4, 0.5) is 0 Å². The van der Waals surface area contributed by atoms with E-state index in [2.05, 4.69) is 59.7 Å². The third-order valence-corrected chi connectivity index (χ3v) is 6.35. The number of hydrogen-bond donors (Lipinski definition) is 0. The molecule has 0 spiro atoms. The maximum Gasteiger partial charge on any atom is 0.126 e. The Labute approximate surface area is 208 Å². The molecule has 6 heteroatoms. The van der Waals surface area contributed by atoms with Crippen LogP contribution < -0.4 is 9.47 Å². The van der Waals surface area contributed by atoms with Crippen LogP contribution in [0, 0.1) is 0 Å². The number of hydrogen-bond acceptors (Lipinski definition) is 5. The summed E-state index contributed by atoms with van der Waals surface area (Å²) >= 11 is 0. The van der Waals surface area contributed by atoms with Gasteiger partial charge in [0.1, 0.15) is 36.9 Å². The van der Waals surface area contributed by atoms with Crippen LogP contribution in [0.1, 0.15) is 52.7 Å².